The molecule has 0 bridgehead atoms. The van der Waals surface area contributed by atoms with Crippen LogP contribution in [-0.2, 0) is 0 Å². The zero-order valence-corrected chi connectivity index (χ0v) is 15.3. The third-order valence-electron chi connectivity index (χ3n) is 4.96. The van der Waals surface area contributed by atoms with Crippen LogP contribution in [-0.4, -0.2) is 48.7 Å². The Balaban J connectivity index is 1.55. The van der Waals surface area contributed by atoms with Gasteiger partial charge < -0.3 is 4.90 Å². The summed E-state index contributed by atoms with van der Waals surface area (Å²) in [6.45, 7) is 5.10. The standard InChI is InChI=1S/C19H21FN6O/c1-13-10-21-25(11-13)17-4-3-9-24(12-17)19(27)18-14(2)26(23-22-18)16-7-5-15(20)6-8-16/h5-8,10-11,17H,3-4,9,12H2,1-2H3. The Morgan fingerprint density at radius 2 is 2.00 bits per heavy atom. The fourth-order valence-electron chi connectivity index (χ4n) is 3.49. The lowest BCUT2D eigenvalue weighted by molar-refractivity contribution is 0.0666. The molecule has 0 saturated carbocycles. The molecule has 0 aliphatic carbocycles. The SMILES string of the molecule is Cc1cnn(C2CCCN(C(=O)c3nnn(-c4ccc(F)cc4)c3C)C2)c1. The average molecular weight is 368 g/mol. The Hall–Kier alpha value is -3.03. The Morgan fingerprint density at radius 1 is 1.22 bits per heavy atom. The van der Waals surface area contributed by atoms with Gasteiger partial charge in [0.1, 0.15) is 5.82 Å². The molecule has 7 nitrogen and oxygen atoms in total. The summed E-state index contributed by atoms with van der Waals surface area (Å²) in [7, 11) is 0. The quantitative estimate of drug-likeness (QED) is 0.713. The van der Waals surface area contributed by atoms with Crippen molar-refractivity contribution in [3.8, 4) is 5.69 Å². The summed E-state index contributed by atoms with van der Waals surface area (Å²) in [5.41, 5.74) is 2.75. The Kier molecular flexibility index (Phi) is 4.47. The van der Waals surface area contributed by atoms with E-state index in [1.807, 2.05) is 28.9 Å². The van der Waals surface area contributed by atoms with E-state index in [4.69, 9.17) is 0 Å². The lowest BCUT2D eigenvalue weighted by Crippen LogP contribution is -2.41. The van der Waals surface area contributed by atoms with Gasteiger partial charge in [0, 0.05) is 19.3 Å². The van der Waals surface area contributed by atoms with Gasteiger partial charge in [-0.25, -0.2) is 9.07 Å². The van der Waals surface area contributed by atoms with Gasteiger partial charge in [-0.15, -0.1) is 5.10 Å². The first-order chi connectivity index (χ1) is 13.0. The summed E-state index contributed by atoms with van der Waals surface area (Å²) in [5, 5.41) is 12.6. The molecule has 0 radical (unpaired) electrons. The van der Waals surface area contributed by atoms with Crippen molar-refractivity contribution in [2.45, 2.75) is 32.7 Å². The Bertz CT molecular complexity index is 961. The van der Waals surface area contributed by atoms with Gasteiger partial charge in [0.15, 0.2) is 5.69 Å². The minimum Gasteiger partial charge on any atom is -0.335 e. The van der Waals surface area contributed by atoms with Crippen LogP contribution in [0.15, 0.2) is 36.7 Å². The number of hydrogen-bond donors (Lipinski definition) is 0. The van der Waals surface area contributed by atoms with E-state index in [0.29, 0.717) is 30.2 Å². The van der Waals surface area contributed by atoms with Crippen LogP contribution < -0.4 is 0 Å². The Morgan fingerprint density at radius 3 is 2.70 bits per heavy atom. The van der Waals surface area contributed by atoms with Gasteiger partial charge in [0.05, 0.1) is 23.6 Å². The van der Waals surface area contributed by atoms with Crippen molar-refractivity contribution < 1.29 is 9.18 Å². The van der Waals surface area contributed by atoms with Gasteiger partial charge in [0.25, 0.3) is 5.91 Å². The van der Waals surface area contributed by atoms with Crippen LogP contribution in [0.2, 0.25) is 0 Å². The number of aromatic nitrogens is 5. The van der Waals surface area contributed by atoms with Crippen LogP contribution in [0.25, 0.3) is 5.69 Å². The molecule has 3 aromatic rings. The van der Waals surface area contributed by atoms with Crippen LogP contribution in [0.5, 0.6) is 0 Å². The predicted octanol–water partition coefficient (Wildman–Crippen LogP) is 2.70. The molecule has 1 atom stereocenters. The smallest absolute Gasteiger partial charge is 0.276 e. The van der Waals surface area contributed by atoms with Gasteiger partial charge >= 0.3 is 0 Å². The number of amides is 1. The second kappa shape index (κ2) is 6.94. The molecule has 1 aliphatic heterocycles. The van der Waals surface area contributed by atoms with E-state index < -0.39 is 0 Å². The lowest BCUT2D eigenvalue weighted by atomic mass is 10.1. The van der Waals surface area contributed by atoms with Crippen molar-refractivity contribution >= 4 is 5.91 Å². The highest BCUT2D eigenvalue weighted by atomic mass is 19.1. The molecule has 0 spiro atoms. The number of piperidine rings is 1. The number of carbonyl (C=O) groups excluding carboxylic acids is 1. The van der Waals surface area contributed by atoms with Crippen molar-refractivity contribution in [2.75, 3.05) is 13.1 Å². The summed E-state index contributed by atoms with van der Waals surface area (Å²) in [4.78, 5) is 14.8. The first-order valence-corrected chi connectivity index (χ1v) is 9.01. The molecule has 1 aromatic carbocycles. The van der Waals surface area contributed by atoms with Crippen LogP contribution in [0.4, 0.5) is 4.39 Å². The van der Waals surface area contributed by atoms with Crippen molar-refractivity contribution in [3.05, 3.63) is 59.4 Å². The molecule has 8 heteroatoms. The number of likely N-dealkylation sites (tertiary alicyclic amines) is 1. The second-order valence-corrected chi connectivity index (χ2v) is 6.96. The van der Waals surface area contributed by atoms with E-state index in [1.54, 1.807) is 23.7 Å². The molecule has 1 fully saturated rings. The third-order valence-corrected chi connectivity index (χ3v) is 4.96. The third kappa shape index (κ3) is 3.34. The van der Waals surface area contributed by atoms with Crippen LogP contribution in [0, 0.1) is 19.7 Å². The van der Waals surface area contributed by atoms with Crippen molar-refractivity contribution in [3.63, 3.8) is 0 Å². The van der Waals surface area contributed by atoms with Crippen molar-refractivity contribution in [1.82, 2.24) is 29.7 Å². The van der Waals surface area contributed by atoms with Crippen LogP contribution in [0.1, 0.15) is 40.6 Å². The number of carbonyl (C=O) groups is 1. The van der Waals surface area contributed by atoms with Gasteiger partial charge in [-0.05, 0) is 56.5 Å². The minimum atomic E-state index is -0.318. The monoisotopic (exact) mass is 368 g/mol. The highest BCUT2D eigenvalue weighted by Gasteiger charge is 2.29. The highest BCUT2D eigenvalue weighted by molar-refractivity contribution is 5.93. The van der Waals surface area contributed by atoms with Crippen molar-refractivity contribution in [1.29, 1.82) is 0 Å². The average Bonchev–Trinajstić information content (AvgIpc) is 3.28. The summed E-state index contributed by atoms with van der Waals surface area (Å²) in [5.74, 6) is -0.449. The second-order valence-electron chi connectivity index (χ2n) is 6.96. The normalized spacial score (nSPS) is 17.3. The summed E-state index contributed by atoms with van der Waals surface area (Å²) >= 11 is 0. The number of nitrogens with zero attached hydrogens (tertiary/aromatic N) is 6. The molecular formula is C19H21FN6O. The molecule has 2 aromatic heterocycles. The van der Waals surface area contributed by atoms with E-state index in [9.17, 15) is 9.18 Å². The number of halogens is 1. The van der Waals surface area contributed by atoms with E-state index in [2.05, 4.69) is 15.4 Å². The molecule has 1 saturated heterocycles. The van der Waals surface area contributed by atoms with E-state index in [0.717, 1.165) is 18.4 Å². The van der Waals surface area contributed by atoms with E-state index in [-0.39, 0.29) is 17.8 Å². The molecule has 4 rings (SSSR count). The number of benzene rings is 1. The first kappa shape index (κ1) is 17.4. The molecule has 27 heavy (non-hydrogen) atoms. The Labute approximate surface area is 156 Å². The zero-order valence-electron chi connectivity index (χ0n) is 15.3. The topological polar surface area (TPSA) is 68.8 Å². The molecule has 0 N–H and O–H groups in total. The van der Waals surface area contributed by atoms with Gasteiger partial charge in [-0.2, -0.15) is 5.10 Å². The van der Waals surface area contributed by atoms with E-state index in [1.165, 1.54) is 12.1 Å². The van der Waals surface area contributed by atoms with Crippen LogP contribution >= 0.6 is 0 Å². The van der Waals surface area contributed by atoms with Gasteiger partial charge in [-0.1, -0.05) is 5.21 Å². The van der Waals surface area contributed by atoms with E-state index >= 15 is 0 Å². The van der Waals surface area contributed by atoms with Gasteiger partial charge in [0.2, 0.25) is 0 Å². The molecule has 1 aliphatic rings. The number of aryl methyl sites for hydroxylation is 1. The predicted molar refractivity (Wildman–Crippen MR) is 97.2 cm³/mol. The fraction of sp³-hybridized carbons (Fsp3) is 0.368. The molecular weight excluding hydrogens is 347 g/mol. The summed E-state index contributed by atoms with van der Waals surface area (Å²) in [6.07, 6.45) is 5.75. The minimum absolute atomic E-state index is 0.130. The first-order valence-electron chi connectivity index (χ1n) is 9.01. The lowest BCUT2D eigenvalue weighted by Gasteiger charge is -2.32. The maximum atomic E-state index is 13.1. The maximum Gasteiger partial charge on any atom is 0.276 e. The maximum absolute atomic E-state index is 13.1. The fourth-order valence-corrected chi connectivity index (χ4v) is 3.49. The molecule has 1 amide bonds. The van der Waals surface area contributed by atoms with Crippen molar-refractivity contribution in [2.24, 2.45) is 0 Å². The molecule has 3 heterocycles. The van der Waals surface area contributed by atoms with Gasteiger partial charge in [-0.3, -0.25) is 9.48 Å². The highest BCUT2D eigenvalue weighted by Crippen LogP contribution is 2.23. The largest absolute Gasteiger partial charge is 0.335 e. The summed E-state index contributed by atoms with van der Waals surface area (Å²) in [6, 6.07) is 6.12. The van der Waals surface area contributed by atoms with Crippen LogP contribution in [0.3, 0.4) is 0 Å². The molecule has 140 valence electrons. The zero-order chi connectivity index (χ0) is 19.0. The number of hydrogen-bond acceptors (Lipinski definition) is 4. The summed E-state index contributed by atoms with van der Waals surface area (Å²) < 4.78 is 16.6. The molecule has 1 unspecified atom stereocenters. The number of rotatable bonds is 3.